The smallest absolute Gasteiger partial charge is 0.306 e. The molecule has 88 valence electrons. The van der Waals surface area contributed by atoms with Crippen molar-refractivity contribution in [3.8, 4) is 11.8 Å². The number of carbonyl (C=O) groups excluding carboxylic acids is 1. The van der Waals surface area contributed by atoms with Crippen molar-refractivity contribution < 1.29 is 14.5 Å². The predicted octanol–water partition coefficient (Wildman–Crippen LogP) is 1.90. The Kier molecular flexibility index (Phi) is 4.70. The van der Waals surface area contributed by atoms with E-state index in [1.54, 1.807) is 12.1 Å². The Morgan fingerprint density at radius 3 is 2.94 bits per heavy atom. The maximum absolute atomic E-state index is 10.8. The van der Waals surface area contributed by atoms with Gasteiger partial charge in [-0.25, -0.2) is 0 Å². The number of esters is 1. The van der Waals surface area contributed by atoms with Gasteiger partial charge >= 0.3 is 5.97 Å². The molecular formula is C12H11NO4. The second-order valence-corrected chi connectivity index (χ2v) is 3.19. The summed E-state index contributed by atoms with van der Waals surface area (Å²) in [6.07, 6.45) is 0.591. The number of ether oxygens (including phenoxy) is 1. The van der Waals surface area contributed by atoms with E-state index in [1.165, 1.54) is 19.2 Å². The Labute approximate surface area is 98.5 Å². The first-order valence-corrected chi connectivity index (χ1v) is 4.93. The van der Waals surface area contributed by atoms with Crippen molar-refractivity contribution >= 4 is 11.7 Å². The molecule has 0 saturated heterocycles. The number of non-ortho nitro benzene ring substituents is 1. The van der Waals surface area contributed by atoms with Crippen LogP contribution in [0, 0.1) is 22.0 Å². The largest absolute Gasteiger partial charge is 0.469 e. The first-order chi connectivity index (χ1) is 8.13. The molecule has 0 aliphatic rings. The summed E-state index contributed by atoms with van der Waals surface area (Å²) in [6.45, 7) is 0. The van der Waals surface area contributed by atoms with Gasteiger partial charge in [0.05, 0.1) is 18.5 Å². The summed E-state index contributed by atoms with van der Waals surface area (Å²) in [4.78, 5) is 20.8. The molecule has 17 heavy (non-hydrogen) atoms. The van der Waals surface area contributed by atoms with Gasteiger partial charge in [0.15, 0.2) is 0 Å². The zero-order chi connectivity index (χ0) is 12.7. The fourth-order valence-electron chi connectivity index (χ4n) is 1.13. The lowest BCUT2D eigenvalue weighted by molar-refractivity contribution is -0.384. The maximum atomic E-state index is 10.8. The third-order valence-electron chi connectivity index (χ3n) is 1.97. The molecule has 0 amide bonds. The summed E-state index contributed by atoms with van der Waals surface area (Å²) in [5, 5.41) is 10.5. The summed E-state index contributed by atoms with van der Waals surface area (Å²) in [7, 11) is 1.32. The molecular weight excluding hydrogens is 222 g/mol. The quantitative estimate of drug-likeness (QED) is 0.346. The van der Waals surface area contributed by atoms with E-state index >= 15 is 0 Å². The molecule has 5 heteroatoms. The fourth-order valence-corrected chi connectivity index (χ4v) is 1.13. The second-order valence-electron chi connectivity index (χ2n) is 3.19. The number of methoxy groups -OCH3 is 1. The van der Waals surface area contributed by atoms with Crippen LogP contribution < -0.4 is 0 Å². The average molecular weight is 233 g/mol. The van der Waals surface area contributed by atoms with E-state index in [0.717, 1.165) is 0 Å². The van der Waals surface area contributed by atoms with E-state index in [4.69, 9.17) is 0 Å². The SMILES string of the molecule is COC(=O)CCC#Cc1cccc([N+](=O)[O-])c1. The molecule has 0 aliphatic carbocycles. The van der Waals surface area contributed by atoms with Crippen molar-refractivity contribution in [2.45, 2.75) is 12.8 Å². The van der Waals surface area contributed by atoms with Gasteiger partial charge < -0.3 is 4.74 Å². The minimum atomic E-state index is -0.473. The van der Waals surface area contributed by atoms with E-state index < -0.39 is 4.92 Å². The van der Waals surface area contributed by atoms with Crippen LogP contribution in [0.25, 0.3) is 0 Å². The number of carbonyl (C=O) groups is 1. The molecule has 0 fully saturated rings. The van der Waals surface area contributed by atoms with Gasteiger partial charge in [0.25, 0.3) is 5.69 Å². The summed E-state index contributed by atoms with van der Waals surface area (Å²) < 4.78 is 4.46. The Morgan fingerprint density at radius 1 is 1.53 bits per heavy atom. The molecule has 0 spiro atoms. The van der Waals surface area contributed by atoms with Gasteiger partial charge in [0, 0.05) is 24.1 Å². The van der Waals surface area contributed by atoms with Crippen LogP contribution in [0.1, 0.15) is 18.4 Å². The normalized spacial score (nSPS) is 9.00. The van der Waals surface area contributed by atoms with Gasteiger partial charge in [0.2, 0.25) is 0 Å². The summed E-state index contributed by atoms with van der Waals surface area (Å²) in [5.41, 5.74) is 0.564. The number of rotatable bonds is 3. The van der Waals surface area contributed by atoms with Crippen LogP contribution in [0.3, 0.4) is 0 Å². The average Bonchev–Trinajstić information content (AvgIpc) is 2.34. The van der Waals surface area contributed by atoms with E-state index in [2.05, 4.69) is 16.6 Å². The maximum Gasteiger partial charge on any atom is 0.306 e. The lowest BCUT2D eigenvalue weighted by atomic mass is 10.2. The Morgan fingerprint density at radius 2 is 2.29 bits per heavy atom. The van der Waals surface area contributed by atoms with Crippen LogP contribution in [0.5, 0.6) is 0 Å². The highest BCUT2D eigenvalue weighted by Crippen LogP contribution is 2.11. The van der Waals surface area contributed by atoms with Crippen LogP contribution >= 0.6 is 0 Å². The minimum Gasteiger partial charge on any atom is -0.469 e. The van der Waals surface area contributed by atoms with Crippen molar-refractivity contribution in [3.63, 3.8) is 0 Å². The molecule has 0 radical (unpaired) electrons. The summed E-state index contributed by atoms with van der Waals surface area (Å²) in [5.74, 6) is 5.20. The molecule has 1 rings (SSSR count). The topological polar surface area (TPSA) is 69.4 Å². The molecule has 0 aliphatic heterocycles. The van der Waals surface area contributed by atoms with Gasteiger partial charge in [-0.3, -0.25) is 14.9 Å². The number of nitrogens with zero attached hydrogens (tertiary/aromatic N) is 1. The predicted molar refractivity (Wildman–Crippen MR) is 61.2 cm³/mol. The van der Waals surface area contributed by atoms with Crippen LogP contribution in [-0.2, 0) is 9.53 Å². The molecule has 0 bridgehead atoms. The highest BCUT2D eigenvalue weighted by molar-refractivity contribution is 5.69. The zero-order valence-electron chi connectivity index (χ0n) is 9.30. The van der Waals surface area contributed by atoms with Gasteiger partial charge in [-0.1, -0.05) is 17.9 Å². The molecule has 5 nitrogen and oxygen atoms in total. The Balaban J connectivity index is 2.63. The number of benzene rings is 1. The summed E-state index contributed by atoms with van der Waals surface area (Å²) in [6, 6.07) is 6.05. The molecule has 1 aromatic rings. The van der Waals surface area contributed by atoms with Gasteiger partial charge in [-0.15, -0.1) is 0 Å². The fraction of sp³-hybridized carbons (Fsp3) is 0.250. The highest BCUT2D eigenvalue weighted by atomic mass is 16.6. The van der Waals surface area contributed by atoms with Crippen molar-refractivity contribution in [1.29, 1.82) is 0 Å². The third-order valence-corrected chi connectivity index (χ3v) is 1.97. The van der Waals surface area contributed by atoms with Crippen LogP contribution in [0.15, 0.2) is 24.3 Å². The minimum absolute atomic E-state index is 0.00441. The van der Waals surface area contributed by atoms with Crippen molar-refractivity contribution in [1.82, 2.24) is 0 Å². The van der Waals surface area contributed by atoms with Crippen molar-refractivity contribution in [2.24, 2.45) is 0 Å². The number of nitro benzene ring substituents is 1. The van der Waals surface area contributed by atoms with E-state index in [-0.39, 0.29) is 18.1 Å². The van der Waals surface area contributed by atoms with E-state index in [1.807, 2.05) is 0 Å². The molecule has 0 saturated carbocycles. The molecule has 0 aromatic heterocycles. The highest BCUT2D eigenvalue weighted by Gasteiger charge is 2.03. The van der Waals surface area contributed by atoms with Gasteiger partial charge in [-0.05, 0) is 6.07 Å². The lowest BCUT2D eigenvalue weighted by Gasteiger charge is -1.93. The van der Waals surface area contributed by atoms with Crippen LogP contribution in [0.2, 0.25) is 0 Å². The monoisotopic (exact) mass is 233 g/mol. The number of hydrogen-bond acceptors (Lipinski definition) is 4. The standard InChI is InChI=1S/C12H11NO4/c1-17-12(14)8-3-2-5-10-6-4-7-11(9-10)13(15)16/h4,6-7,9H,3,8H2,1H3. The third kappa shape index (κ3) is 4.34. The summed E-state index contributed by atoms with van der Waals surface area (Å²) >= 11 is 0. The van der Waals surface area contributed by atoms with Crippen LogP contribution in [-0.4, -0.2) is 18.0 Å². The van der Waals surface area contributed by atoms with Crippen molar-refractivity contribution in [3.05, 3.63) is 39.9 Å². The van der Waals surface area contributed by atoms with Gasteiger partial charge in [0.1, 0.15) is 0 Å². The van der Waals surface area contributed by atoms with Crippen molar-refractivity contribution in [2.75, 3.05) is 7.11 Å². The molecule has 1 aromatic carbocycles. The number of hydrogen-bond donors (Lipinski definition) is 0. The first kappa shape index (κ1) is 12.7. The molecule has 0 N–H and O–H groups in total. The lowest BCUT2D eigenvalue weighted by Crippen LogP contribution is -1.98. The Hall–Kier alpha value is -2.35. The van der Waals surface area contributed by atoms with E-state index in [0.29, 0.717) is 12.0 Å². The Bertz CT molecular complexity index is 485. The zero-order valence-corrected chi connectivity index (χ0v) is 9.30. The van der Waals surface area contributed by atoms with Gasteiger partial charge in [-0.2, -0.15) is 0 Å². The molecule has 0 heterocycles. The number of nitro groups is 1. The van der Waals surface area contributed by atoms with E-state index in [9.17, 15) is 14.9 Å². The molecule has 0 unspecified atom stereocenters. The van der Waals surface area contributed by atoms with Crippen LogP contribution in [0.4, 0.5) is 5.69 Å². The second kappa shape index (κ2) is 6.28. The first-order valence-electron chi connectivity index (χ1n) is 4.93. The molecule has 0 atom stereocenters.